The second-order valence-corrected chi connectivity index (χ2v) is 6.10. The van der Waals surface area contributed by atoms with Crippen molar-refractivity contribution < 1.29 is 46.5 Å². The van der Waals surface area contributed by atoms with Crippen LogP contribution in [0.2, 0.25) is 13.6 Å². The topological polar surface area (TPSA) is 0 Å². The van der Waals surface area contributed by atoms with Crippen molar-refractivity contribution >= 4 is 14.8 Å². The van der Waals surface area contributed by atoms with E-state index in [-0.39, 0.29) is 54.1 Å². The minimum absolute atomic E-state index is 0. The molecule has 0 N–H and O–H groups in total. The van der Waals surface area contributed by atoms with Crippen molar-refractivity contribution in [2.75, 3.05) is 0 Å². The molecule has 2 rings (SSSR count). The molecule has 1 heterocycles. The smallest absolute Gasteiger partial charge is 1.00 e. The number of hydrogen-bond donors (Lipinski definition) is 0. The quantitative estimate of drug-likeness (QED) is 0.411. The van der Waals surface area contributed by atoms with Crippen molar-refractivity contribution in [3.8, 4) is 0 Å². The van der Waals surface area contributed by atoms with Crippen LogP contribution in [0.5, 0.6) is 0 Å². The molecule has 109 valence electrons. The van der Waals surface area contributed by atoms with E-state index in [0.717, 1.165) is 6.42 Å². The summed E-state index contributed by atoms with van der Waals surface area (Å²) in [6.07, 6.45) is 10.0. The monoisotopic (exact) mass is 363 g/mol. The standard InChI is InChI=1S/C8H12P.C5H5.C2H6B.2ClH.Ti/c1-6-5-9(4)8(3)7(6)2;1-2-4-5-3-1;1-3-2;;;/h1-4H3;1-3H,4H2;1-2H3;2*1H;/q2*-1;;;;+4/p-2. The number of allylic oxidation sites excluding steroid dienone is 4. The van der Waals surface area contributed by atoms with E-state index in [2.05, 4.69) is 45.4 Å². The molecule has 0 saturated heterocycles. The van der Waals surface area contributed by atoms with E-state index >= 15 is 0 Å². The van der Waals surface area contributed by atoms with Crippen LogP contribution in [0.25, 0.3) is 0 Å². The van der Waals surface area contributed by atoms with Crippen molar-refractivity contribution in [1.29, 1.82) is 0 Å². The Labute approximate surface area is 154 Å². The van der Waals surface area contributed by atoms with Gasteiger partial charge in [0.15, 0.2) is 0 Å². The maximum Gasteiger partial charge on any atom is 4.00 e. The molecule has 0 aromatic carbocycles. The van der Waals surface area contributed by atoms with Crippen molar-refractivity contribution in [2.45, 2.75) is 40.8 Å². The summed E-state index contributed by atoms with van der Waals surface area (Å²) in [4.78, 5) is 0. The summed E-state index contributed by atoms with van der Waals surface area (Å²) >= 11 is 0. The zero-order valence-corrected chi connectivity index (χ0v) is 17.2. The van der Waals surface area contributed by atoms with Gasteiger partial charge in [-0.15, -0.1) is 6.42 Å². The van der Waals surface area contributed by atoms with Crippen LogP contribution >= 0.6 is 7.53 Å². The first-order chi connectivity index (χ1) is 8.04. The second kappa shape index (κ2) is 17.7. The zero-order chi connectivity index (χ0) is 13.3. The van der Waals surface area contributed by atoms with E-state index in [1.165, 1.54) is 11.1 Å². The molecule has 1 atom stereocenters. The summed E-state index contributed by atoms with van der Waals surface area (Å²) in [5, 5.41) is 1.54. The Balaban J connectivity index is -0.000000102. The fraction of sp³-hybridized carbons (Fsp3) is 0.467. The van der Waals surface area contributed by atoms with Crippen molar-refractivity contribution in [2.24, 2.45) is 6.66 Å². The predicted octanol–water partition coefficient (Wildman–Crippen LogP) is -0.966. The van der Waals surface area contributed by atoms with Crippen molar-refractivity contribution in [3.63, 3.8) is 0 Å². The second-order valence-electron chi connectivity index (χ2n) is 4.09. The van der Waals surface area contributed by atoms with Crippen LogP contribution in [-0.2, 0) is 28.4 Å². The van der Waals surface area contributed by atoms with Crippen LogP contribution in [0.3, 0.4) is 0 Å². The summed E-state index contributed by atoms with van der Waals surface area (Å²) in [6, 6.07) is 0. The molecule has 0 spiro atoms. The molecule has 0 nitrogen and oxygen atoms in total. The van der Waals surface area contributed by atoms with Gasteiger partial charge in [0, 0.05) is 0 Å². The number of aryl methyl sites for hydroxylation is 2. The molecule has 5 heteroatoms. The Morgan fingerprint density at radius 1 is 1.15 bits per heavy atom. The Morgan fingerprint density at radius 3 is 1.75 bits per heavy atom. The van der Waals surface area contributed by atoms with Crippen LogP contribution in [-0.4, -0.2) is 7.28 Å². The van der Waals surface area contributed by atoms with Crippen LogP contribution in [0, 0.1) is 32.6 Å². The first kappa shape index (κ1) is 28.7. The van der Waals surface area contributed by atoms with Gasteiger partial charge in [-0.3, -0.25) is 13.6 Å². The van der Waals surface area contributed by atoms with E-state index in [4.69, 9.17) is 0 Å². The molecule has 1 unspecified atom stereocenters. The molecular weight excluding hydrogens is 341 g/mol. The van der Waals surface area contributed by atoms with Gasteiger partial charge >= 0.3 is 21.7 Å². The SMILES string of the molecule is C[B]C.Cc1[c-]p(C)c(C)c1C.[C-]1=CC=CC1.[Cl-].[Cl-].[Ti+4]. The summed E-state index contributed by atoms with van der Waals surface area (Å²) in [5.41, 5.74) is 2.82. The van der Waals surface area contributed by atoms with Gasteiger partial charge in [-0.2, -0.15) is 28.3 Å². The normalized spacial score (nSPS) is 10.6. The minimum Gasteiger partial charge on any atom is -1.00 e. The summed E-state index contributed by atoms with van der Waals surface area (Å²) in [7, 11) is 1.99. The van der Waals surface area contributed by atoms with E-state index in [9.17, 15) is 0 Å². The van der Waals surface area contributed by atoms with E-state index in [0.29, 0.717) is 0 Å². The van der Waals surface area contributed by atoms with Gasteiger partial charge in [0.05, 0.1) is 0 Å². The zero-order valence-electron chi connectivity index (χ0n) is 13.2. The molecule has 0 bridgehead atoms. The average Bonchev–Trinajstić information content (AvgIpc) is 2.91. The van der Waals surface area contributed by atoms with Crippen LogP contribution in [0.4, 0.5) is 0 Å². The molecule has 0 saturated carbocycles. The van der Waals surface area contributed by atoms with Crippen LogP contribution in [0.15, 0.2) is 18.2 Å². The van der Waals surface area contributed by atoms with E-state index in [1.54, 1.807) is 5.30 Å². The van der Waals surface area contributed by atoms with E-state index in [1.807, 2.05) is 33.1 Å². The van der Waals surface area contributed by atoms with Gasteiger partial charge in [0.1, 0.15) is 7.28 Å². The molecule has 1 aromatic rings. The Kier molecular flexibility index (Phi) is 25.4. The average molecular weight is 364 g/mol. The van der Waals surface area contributed by atoms with Gasteiger partial charge < -0.3 is 24.8 Å². The van der Waals surface area contributed by atoms with Crippen LogP contribution in [0.1, 0.15) is 22.8 Å². The Morgan fingerprint density at radius 2 is 1.65 bits per heavy atom. The minimum atomic E-state index is -0.0123. The maximum absolute atomic E-state index is 3.42. The Hall–Kier alpha value is 0.619. The molecule has 1 aliphatic carbocycles. The largest absolute Gasteiger partial charge is 4.00 e. The summed E-state index contributed by atoms with van der Waals surface area (Å²) < 4.78 is 0. The fourth-order valence-corrected chi connectivity index (χ4v) is 2.79. The predicted molar refractivity (Wildman–Crippen MR) is 82.2 cm³/mol. The number of rotatable bonds is 0. The molecule has 0 aliphatic heterocycles. The van der Waals surface area contributed by atoms with Gasteiger partial charge in [-0.25, -0.2) is 12.2 Å². The third-order valence-electron chi connectivity index (χ3n) is 2.53. The van der Waals surface area contributed by atoms with Gasteiger partial charge in [-0.1, -0.05) is 34.4 Å². The molecule has 0 amide bonds. The van der Waals surface area contributed by atoms with Gasteiger partial charge in [0.25, 0.3) is 0 Å². The van der Waals surface area contributed by atoms with Crippen molar-refractivity contribution in [1.82, 2.24) is 0 Å². The first-order valence-electron chi connectivity index (χ1n) is 6.02. The summed E-state index contributed by atoms with van der Waals surface area (Å²) in [5.74, 6) is 3.42. The molecule has 1 aromatic heterocycles. The van der Waals surface area contributed by atoms with Crippen molar-refractivity contribution in [3.05, 3.63) is 46.5 Å². The number of halogens is 2. The third-order valence-corrected chi connectivity index (χ3v) is 4.54. The molecule has 1 radical (unpaired) electrons. The van der Waals surface area contributed by atoms with Crippen LogP contribution < -0.4 is 24.8 Å². The molecule has 0 fully saturated rings. The number of hydrogen-bond acceptors (Lipinski definition) is 0. The summed E-state index contributed by atoms with van der Waals surface area (Å²) in [6.45, 7) is 12.8. The molecule has 1 aliphatic rings. The third kappa shape index (κ3) is 12.4. The Bertz CT molecular complexity index is 355. The maximum atomic E-state index is 3.42. The molecule has 20 heavy (non-hydrogen) atoms. The first-order valence-corrected chi connectivity index (χ1v) is 7.81. The van der Waals surface area contributed by atoms with Gasteiger partial charge in [0.2, 0.25) is 0 Å². The molecular formula is C15H23BCl2PTi. The van der Waals surface area contributed by atoms with Gasteiger partial charge in [-0.05, 0) is 6.66 Å². The van der Waals surface area contributed by atoms with E-state index < -0.39 is 0 Å². The fourth-order valence-electron chi connectivity index (χ4n) is 1.28.